The number of alkyl halides is 6. The van der Waals surface area contributed by atoms with Gasteiger partial charge in [0, 0.05) is 5.56 Å². The van der Waals surface area contributed by atoms with Crippen molar-refractivity contribution in [3.05, 3.63) is 30.3 Å². The van der Waals surface area contributed by atoms with Gasteiger partial charge in [-0.05, 0) is 6.07 Å². The lowest BCUT2D eigenvalue weighted by atomic mass is 10.2. The van der Waals surface area contributed by atoms with Crippen LogP contribution < -0.4 is 9.47 Å². The maximum atomic E-state index is 12.1. The van der Waals surface area contributed by atoms with Crippen molar-refractivity contribution in [3.8, 4) is 11.5 Å². The molecule has 0 spiro atoms. The summed E-state index contributed by atoms with van der Waals surface area (Å²) < 4.78 is 79.2. The summed E-state index contributed by atoms with van der Waals surface area (Å²) in [4.78, 5) is 0. The van der Waals surface area contributed by atoms with E-state index in [2.05, 4.69) is 16.1 Å². The maximum absolute atomic E-state index is 12.1. The molecule has 0 heterocycles. The minimum atomic E-state index is -5.14. The molecular weight excluding hydrogens is 266 g/mol. The summed E-state index contributed by atoms with van der Waals surface area (Å²) in [5.74, 6) is -2.17. The van der Waals surface area contributed by atoms with Crippen molar-refractivity contribution in [1.82, 2.24) is 0 Å². The highest BCUT2D eigenvalue weighted by Crippen LogP contribution is 2.38. The summed E-state index contributed by atoms with van der Waals surface area (Å²) in [6.07, 6.45) is -9.34. The van der Waals surface area contributed by atoms with Crippen LogP contribution in [0.25, 0.3) is 6.08 Å². The molecule has 1 aromatic carbocycles. The minimum Gasteiger partial charge on any atom is -0.402 e. The van der Waals surface area contributed by atoms with E-state index < -0.39 is 24.2 Å². The quantitative estimate of drug-likeness (QED) is 0.770. The highest BCUT2D eigenvalue weighted by Gasteiger charge is 2.37. The van der Waals surface area contributed by atoms with E-state index in [4.69, 9.17) is 0 Å². The Morgan fingerprint density at radius 1 is 0.944 bits per heavy atom. The first-order chi connectivity index (χ1) is 8.12. The van der Waals surface area contributed by atoms with Gasteiger partial charge in [0.2, 0.25) is 0 Å². The number of halogens is 6. The second-order valence-corrected chi connectivity index (χ2v) is 2.97. The molecule has 0 saturated carbocycles. The van der Waals surface area contributed by atoms with Crippen LogP contribution in [0.15, 0.2) is 24.8 Å². The fourth-order valence-electron chi connectivity index (χ4n) is 1.12. The highest BCUT2D eigenvalue weighted by molar-refractivity contribution is 5.61. The number of hydrogen-bond acceptors (Lipinski definition) is 2. The van der Waals surface area contributed by atoms with Gasteiger partial charge in [-0.3, -0.25) is 0 Å². The molecule has 0 N–H and O–H groups in total. The van der Waals surface area contributed by atoms with Crippen molar-refractivity contribution in [3.63, 3.8) is 0 Å². The van der Waals surface area contributed by atoms with Gasteiger partial charge in [0.05, 0.1) is 0 Å². The molecule has 0 atom stereocenters. The molecule has 2 nitrogen and oxygen atoms in total. The number of para-hydroxylation sites is 1. The van der Waals surface area contributed by atoms with Crippen molar-refractivity contribution in [2.45, 2.75) is 12.7 Å². The zero-order chi connectivity index (χ0) is 14.0. The maximum Gasteiger partial charge on any atom is 0.573 e. The van der Waals surface area contributed by atoms with Crippen LogP contribution >= 0.6 is 0 Å². The lowest BCUT2D eigenvalue weighted by molar-refractivity contribution is -0.287. The van der Waals surface area contributed by atoms with E-state index >= 15 is 0 Å². The zero-order valence-electron chi connectivity index (χ0n) is 8.60. The van der Waals surface area contributed by atoms with Crippen LogP contribution in [0.5, 0.6) is 11.5 Å². The van der Waals surface area contributed by atoms with Crippen LogP contribution in [0, 0.1) is 0 Å². The molecule has 0 unspecified atom stereocenters. The Kier molecular flexibility index (Phi) is 3.78. The summed E-state index contributed by atoms with van der Waals surface area (Å²) in [5, 5.41) is 0. The van der Waals surface area contributed by atoms with E-state index in [1.807, 2.05) is 0 Å². The number of ether oxygens (including phenoxy) is 2. The molecule has 1 aromatic rings. The Bertz CT molecular complexity index is 435. The Balaban J connectivity index is 3.20. The molecule has 1 rings (SSSR count). The second-order valence-electron chi connectivity index (χ2n) is 2.97. The average molecular weight is 272 g/mol. The predicted molar refractivity (Wildman–Crippen MR) is 49.9 cm³/mol. The van der Waals surface area contributed by atoms with E-state index in [1.165, 1.54) is 0 Å². The van der Waals surface area contributed by atoms with Gasteiger partial charge in [-0.25, -0.2) is 0 Å². The Morgan fingerprint density at radius 2 is 1.50 bits per heavy atom. The third-order valence-electron chi connectivity index (χ3n) is 1.67. The van der Waals surface area contributed by atoms with Gasteiger partial charge in [0.15, 0.2) is 11.5 Å². The molecular formula is C10H6F6O2. The van der Waals surface area contributed by atoms with Crippen molar-refractivity contribution >= 4 is 6.08 Å². The van der Waals surface area contributed by atoms with Crippen molar-refractivity contribution < 1.29 is 35.8 Å². The number of hydrogen-bond donors (Lipinski definition) is 0. The molecule has 0 saturated heterocycles. The number of benzene rings is 1. The van der Waals surface area contributed by atoms with Crippen LogP contribution in [0.1, 0.15) is 5.56 Å². The summed E-state index contributed by atoms with van der Waals surface area (Å²) in [6.45, 7) is 3.18. The molecule has 0 aliphatic carbocycles. The van der Waals surface area contributed by atoms with E-state index in [1.54, 1.807) is 0 Å². The van der Waals surface area contributed by atoms with Gasteiger partial charge in [-0.2, -0.15) is 0 Å². The average Bonchev–Trinajstić information content (AvgIpc) is 2.16. The zero-order valence-corrected chi connectivity index (χ0v) is 8.60. The molecule has 0 aliphatic heterocycles. The highest BCUT2D eigenvalue weighted by atomic mass is 19.4. The van der Waals surface area contributed by atoms with Gasteiger partial charge in [0.25, 0.3) is 0 Å². The third kappa shape index (κ3) is 4.19. The molecule has 0 aliphatic rings. The molecule has 18 heavy (non-hydrogen) atoms. The van der Waals surface area contributed by atoms with Crippen molar-refractivity contribution in [1.29, 1.82) is 0 Å². The van der Waals surface area contributed by atoms with Crippen molar-refractivity contribution in [2.24, 2.45) is 0 Å². The first kappa shape index (κ1) is 14.2. The summed E-state index contributed by atoms with van der Waals surface area (Å²) in [5.41, 5.74) is -0.269. The molecule has 100 valence electrons. The van der Waals surface area contributed by atoms with Gasteiger partial charge in [-0.1, -0.05) is 24.8 Å². The van der Waals surface area contributed by atoms with E-state index in [9.17, 15) is 26.3 Å². The van der Waals surface area contributed by atoms with Crippen molar-refractivity contribution in [2.75, 3.05) is 0 Å². The van der Waals surface area contributed by atoms with Gasteiger partial charge >= 0.3 is 12.7 Å². The molecule has 0 amide bonds. The van der Waals surface area contributed by atoms with E-state index in [0.29, 0.717) is 6.07 Å². The summed E-state index contributed by atoms with van der Waals surface area (Å²) >= 11 is 0. The summed E-state index contributed by atoms with van der Waals surface area (Å²) in [7, 11) is 0. The van der Waals surface area contributed by atoms with Crippen LogP contribution in [0.3, 0.4) is 0 Å². The normalized spacial score (nSPS) is 12.1. The van der Waals surface area contributed by atoms with Crippen LogP contribution in [-0.4, -0.2) is 12.7 Å². The Hall–Kier alpha value is -1.86. The first-order valence-electron chi connectivity index (χ1n) is 4.39. The first-order valence-corrected chi connectivity index (χ1v) is 4.39. The summed E-state index contributed by atoms with van der Waals surface area (Å²) in [6, 6.07) is 2.90. The largest absolute Gasteiger partial charge is 0.573 e. The van der Waals surface area contributed by atoms with Gasteiger partial charge in [-0.15, -0.1) is 26.3 Å². The smallest absolute Gasteiger partial charge is 0.402 e. The molecule has 8 heteroatoms. The number of rotatable bonds is 3. The van der Waals surface area contributed by atoms with E-state index in [0.717, 1.165) is 18.2 Å². The SMILES string of the molecule is C=Cc1cccc(OC(F)(F)F)c1OC(F)(F)F. The lowest BCUT2D eigenvalue weighted by Crippen LogP contribution is -2.21. The molecule has 0 aromatic heterocycles. The standard InChI is InChI=1S/C10H6F6O2/c1-2-6-4-3-5-7(17-9(11,12)13)8(6)18-10(14,15)16/h2-5H,1H2. The van der Waals surface area contributed by atoms with E-state index in [-0.39, 0.29) is 5.56 Å². The third-order valence-corrected chi connectivity index (χ3v) is 1.67. The lowest BCUT2D eigenvalue weighted by Gasteiger charge is -2.16. The van der Waals surface area contributed by atoms with Gasteiger partial charge < -0.3 is 9.47 Å². The second kappa shape index (κ2) is 4.79. The molecule has 0 fully saturated rings. The minimum absolute atomic E-state index is 0.269. The fraction of sp³-hybridized carbons (Fsp3) is 0.200. The Morgan fingerprint density at radius 3 is 1.94 bits per heavy atom. The van der Waals surface area contributed by atoms with Gasteiger partial charge in [0.1, 0.15) is 0 Å². The monoisotopic (exact) mass is 272 g/mol. The topological polar surface area (TPSA) is 18.5 Å². The fourth-order valence-corrected chi connectivity index (χ4v) is 1.12. The van der Waals surface area contributed by atoms with Crippen LogP contribution in [0.2, 0.25) is 0 Å². The molecule has 0 bridgehead atoms. The Labute approximate surface area is 97.4 Å². The van der Waals surface area contributed by atoms with Crippen LogP contribution in [0.4, 0.5) is 26.3 Å². The van der Waals surface area contributed by atoms with Crippen LogP contribution in [-0.2, 0) is 0 Å². The predicted octanol–water partition coefficient (Wildman–Crippen LogP) is 4.13. The molecule has 0 radical (unpaired) electrons.